The molecule has 0 fully saturated rings. The third-order valence-corrected chi connectivity index (χ3v) is 2.15. The molecular formula is C10H16BrN3. The molecule has 0 saturated heterocycles. The highest BCUT2D eigenvalue weighted by Crippen LogP contribution is 2.01. The first-order chi connectivity index (χ1) is 6.74. The monoisotopic (exact) mass is 257 g/mol. The minimum absolute atomic E-state index is 0.777. The molecule has 0 radical (unpaired) electrons. The van der Waals surface area contributed by atoms with E-state index in [9.17, 15) is 0 Å². The third kappa shape index (κ3) is 3.64. The van der Waals surface area contributed by atoms with E-state index in [-0.39, 0.29) is 0 Å². The number of nitrogens with one attached hydrogen (secondary N) is 1. The molecule has 0 aromatic carbocycles. The summed E-state index contributed by atoms with van der Waals surface area (Å²) in [5.41, 5.74) is 0. The second-order valence-electron chi connectivity index (χ2n) is 3.16. The molecule has 1 heterocycles. The predicted octanol–water partition coefficient (Wildman–Crippen LogP) is 2.29. The molecule has 1 aromatic heterocycles. The van der Waals surface area contributed by atoms with Crippen LogP contribution in [-0.4, -0.2) is 16.1 Å². The number of halogens is 1. The van der Waals surface area contributed by atoms with E-state index in [1.54, 1.807) is 0 Å². The molecule has 1 rings (SSSR count). The molecule has 0 spiro atoms. The van der Waals surface area contributed by atoms with Gasteiger partial charge in [0.2, 0.25) is 0 Å². The lowest BCUT2D eigenvalue weighted by molar-refractivity contribution is 0.605. The predicted molar refractivity (Wildman–Crippen MR) is 62.3 cm³/mol. The second kappa shape index (κ2) is 5.98. The van der Waals surface area contributed by atoms with Crippen LogP contribution in [0.25, 0.3) is 0 Å². The average molecular weight is 258 g/mol. The van der Waals surface area contributed by atoms with Crippen LogP contribution in [0.1, 0.15) is 19.2 Å². The number of aromatic nitrogens is 2. The maximum absolute atomic E-state index is 4.29. The van der Waals surface area contributed by atoms with Crippen molar-refractivity contribution < 1.29 is 0 Å². The summed E-state index contributed by atoms with van der Waals surface area (Å²) in [6, 6.07) is 0. The Balaban J connectivity index is 2.41. The van der Waals surface area contributed by atoms with Gasteiger partial charge in [0.05, 0.1) is 6.54 Å². The molecule has 0 atom stereocenters. The highest BCUT2D eigenvalue weighted by atomic mass is 79.9. The van der Waals surface area contributed by atoms with E-state index in [2.05, 4.69) is 44.3 Å². The van der Waals surface area contributed by atoms with Crippen LogP contribution in [0, 0.1) is 0 Å². The van der Waals surface area contributed by atoms with Gasteiger partial charge in [0.15, 0.2) is 0 Å². The molecule has 0 amide bonds. The van der Waals surface area contributed by atoms with Crippen molar-refractivity contribution in [3.8, 4) is 0 Å². The Bertz CT molecular complexity index is 293. The van der Waals surface area contributed by atoms with Crippen LogP contribution in [0.5, 0.6) is 0 Å². The first-order valence-corrected chi connectivity index (χ1v) is 5.57. The molecule has 0 bridgehead atoms. The number of imidazole rings is 1. The molecule has 78 valence electrons. The Hall–Kier alpha value is -0.610. The van der Waals surface area contributed by atoms with E-state index in [4.69, 9.17) is 0 Å². The summed E-state index contributed by atoms with van der Waals surface area (Å²) in [6.45, 7) is 8.52. The second-order valence-corrected chi connectivity index (χ2v) is 4.28. The minimum Gasteiger partial charge on any atom is -0.334 e. The molecule has 0 aliphatic carbocycles. The number of rotatable bonds is 6. The Morgan fingerprint density at radius 3 is 3.14 bits per heavy atom. The molecule has 0 saturated carbocycles. The lowest BCUT2D eigenvalue weighted by Crippen LogP contribution is -2.18. The van der Waals surface area contributed by atoms with Gasteiger partial charge < -0.3 is 9.88 Å². The Morgan fingerprint density at radius 2 is 2.50 bits per heavy atom. The lowest BCUT2D eigenvalue weighted by Gasteiger charge is -2.06. The molecular weight excluding hydrogens is 242 g/mol. The fraction of sp³-hybridized carbons (Fsp3) is 0.500. The van der Waals surface area contributed by atoms with Gasteiger partial charge in [-0.1, -0.05) is 29.4 Å². The van der Waals surface area contributed by atoms with E-state index in [0.29, 0.717) is 0 Å². The van der Waals surface area contributed by atoms with Crippen molar-refractivity contribution in [1.29, 1.82) is 0 Å². The van der Waals surface area contributed by atoms with Gasteiger partial charge in [-0.3, -0.25) is 0 Å². The van der Waals surface area contributed by atoms with Gasteiger partial charge in [0, 0.05) is 30.0 Å². The fourth-order valence-electron chi connectivity index (χ4n) is 1.26. The first kappa shape index (κ1) is 11.5. The van der Waals surface area contributed by atoms with Crippen molar-refractivity contribution in [3.05, 3.63) is 29.3 Å². The van der Waals surface area contributed by atoms with Gasteiger partial charge in [-0.2, -0.15) is 0 Å². The van der Waals surface area contributed by atoms with Crippen molar-refractivity contribution >= 4 is 15.9 Å². The van der Waals surface area contributed by atoms with Crippen LogP contribution < -0.4 is 5.32 Å². The summed E-state index contributed by atoms with van der Waals surface area (Å²) in [5, 5.41) is 3.26. The van der Waals surface area contributed by atoms with Crippen molar-refractivity contribution in [2.75, 3.05) is 6.54 Å². The molecule has 4 heteroatoms. The zero-order valence-corrected chi connectivity index (χ0v) is 10.0. The zero-order chi connectivity index (χ0) is 10.4. The van der Waals surface area contributed by atoms with Gasteiger partial charge in [-0.15, -0.1) is 0 Å². The van der Waals surface area contributed by atoms with Crippen molar-refractivity contribution in [3.63, 3.8) is 0 Å². The highest BCUT2D eigenvalue weighted by Gasteiger charge is 2.00. The molecule has 0 aliphatic rings. The van der Waals surface area contributed by atoms with E-state index in [1.165, 1.54) is 0 Å². The maximum atomic E-state index is 4.29. The van der Waals surface area contributed by atoms with E-state index >= 15 is 0 Å². The maximum Gasteiger partial charge on any atom is 0.122 e. The summed E-state index contributed by atoms with van der Waals surface area (Å²) in [7, 11) is 0. The number of aryl methyl sites for hydroxylation is 1. The average Bonchev–Trinajstić information content (AvgIpc) is 2.53. The lowest BCUT2D eigenvalue weighted by atomic mass is 10.4. The van der Waals surface area contributed by atoms with Crippen molar-refractivity contribution in [2.24, 2.45) is 0 Å². The quantitative estimate of drug-likeness (QED) is 0.848. The van der Waals surface area contributed by atoms with Crippen LogP contribution >= 0.6 is 15.9 Å². The van der Waals surface area contributed by atoms with Gasteiger partial charge in [-0.05, 0) is 6.42 Å². The normalized spacial score (nSPS) is 10.4. The number of nitrogens with zero attached hydrogens (tertiary/aromatic N) is 2. The van der Waals surface area contributed by atoms with Crippen LogP contribution in [0.3, 0.4) is 0 Å². The zero-order valence-electron chi connectivity index (χ0n) is 8.46. The van der Waals surface area contributed by atoms with Gasteiger partial charge in [0.1, 0.15) is 5.82 Å². The standard InChI is InChI=1S/C10H16BrN3/c1-3-5-14-6-4-13-10(14)8-12-7-9(2)11/h4,6,12H,2-3,5,7-8H2,1H3. The van der Waals surface area contributed by atoms with Crippen LogP contribution in [0.15, 0.2) is 23.5 Å². The van der Waals surface area contributed by atoms with Crippen LogP contribution in [-0.2, 0) is 13.1 Å². The molecule has 0 unspecified atom stereocenters. The summed E-state index contributed by atoms with van der Waals surface area (Å²) in [6.07, 6.45) is 4.99. The molecule has 0 aliphatic heterocycles. The summed E-state index contributed by atoms with van der Waals surface area (Å²) >= 11 is 3.30. The minimum atomic E-state index is 0.777. The van der Waals surface area contributed by atoms with E-state index < -0.39 is 0 Å². The highest BCUT2D eigenvalue weighted by molar-refractivity contribution is 9.11. The van der Waals surface area contributed by atoms with E-state index in [0.717, 1.165) is 36.4 Å². The largest absolute Gasteiger partial charge is 0.334 e. The van der Waals surface area contributed by atoms with E-state index in [1.807, 2.05) is 12.4 Å². The van der Waals surface area contributed by atoms with Crippen molar-refractivity contribution in [1.82, 2.24) is 14.9 Å². The molecule has 14 heavy (non-hydrogen) atoms. The van der Waals surface area contributed by atoms with Crippen LogP contribution in [0.2, 0.25) is 0 Å². The molecule has 1 N–H and O–H groups in total. The Labute approximate surface area is 93.4 Å². The summed E-state index contributed by atoms with van der Waals surface area (Å²) in [4.78, 5) is 4.29. The van der Waals surface area contributed by atoms with Crippen molar-refractivity contribution in [2.45, 2.75) is 26.4 Å². The van der Waals surface area contributed by atoms with Gasteiger partial charge in [-0.25, -0.2) is 4.98 Å². The molecule has 1 aromatic rings. The number of hydrogen-bond donors (Lipinski definition) is 1. The SMILES string of the molecule is C=C(Br)CNCc1nccn1CCC. The molecule has 3 nitrogen and oxygen atoms in total. The fourth-order valence-corrected chi connectivity index (χ4v) is 1.46. The van der Waals surface area contributed by atoms with Crippen LogP contribution in [0.4, 0.5) is 0 Å². The first-order valence-electron chi connectivity index (χ1n) is 4.78. The summed E-state index contributed by atoms with van der Waals surface area (Å²) in [5.74, 6) is 1.08. The Kier molecular flexibility index (Phi) is 4.90. The Morgan fingerprint density at radius 1 is 1.71 bits per heavy atom. The third-order valence-electron chi connectivity index (χ3n) is 1.87. The smallest absolute Gasteiger partial charge is 0.122 e. The summed E-state index contributed by atoms with van der Waals surface area (Å²) < 4.78 is 3.13. The number of hydrogen-bond acceptors (Lipinski definition) is 2. The topological polar surface area (TPSA) is 29.9 Å². The van der Waals surface area contributed by atoms with Gasteiger partial charge in [0.25, 0.3) is 0 Å². The van der Waals surface area contributed by atoms with Gasteiger partial charge >= 0.3 is 0 Å².